The summed E-state index contributed by atoms with van der Waals surface area (Å²) >= 11 is 0. The van der Waals surface area contributed by atoms with Crippen LogP contribution in [-0.4, -0.2) is 71.4 Å². The molecule has 1 atom stereocenters. The van der Waals surface area contributed by atoms with E-state index in [1.54, 1.807) is 17.0 Å². The van der Waals surface area contributed by atoms with Gasteiger partial charge in [0.1, 0.15) is 11.9 Å². The summed E-state index contributed by atoms with van der Waals surface area (Å²) in [5.74, 6) is 0.615. The minimum atomic E-state index is -0.407. The first kappa shape index (κ1) is 22.2. The highest BCUT2D eigenvalue weighted by atomic mass is 19.1. The maximum absolute atomic E-state index is 13.4. The average molecular weight is 440 g/mol. The standard InChI is InChI=1S/C24H30FN5O2/c1-16(30-12-4-5-21(30)31)23(32)29-13-10-18(11-14-29)22-20(15-26-24(27-22)28(2)3)17-6-8-19(25)9-7-17/h6-9,15-16,18H,4-5,10-14H2,1-3H3/t16-/m1/s1. The van der Waals surface area contributed by atoms with E-state index < -0.39 is 6.04 Å². The Morgan fingerprint density at radius 2 is 1.84 bits per heavy atom. The fraction of sp³-hybridized carbons (Fsp3) is 0.500. The van der Waals surface area contributed by atoms with Gasteiger partial charge in [0.2, 0.25) is 17.8 Å². The van der Waals surface area contributed by atoms with Gasteiger partial charge in [0.05, 0.1) is 5.69 Å². The highest BCUT2D eigenvalue weighted by Crippen LogP contribution is 2.35. The number of amides is 2. The van der Waals surface area contributed by atoms with Crippen molar-refractivity contribution < 1.29 is 14.0 Å². The van der Waals surface area contributed by atoms with E-state index in [-0.39, 0.29) is 23.5 Å². The summed E-state index contributed by atoms with van der Waals surface area (Å²) < 4.78 is 13.4. The normalized spacial score (nSPS) is 18.2. The quantitative estimate of drug-likeness (QED) is 0.716. The third-order valence-electron chi connectivity index (χ3n) is 6.49. The van der Waals surface area contributed by atoms with Crippen molar-refractivity contribution in [1.29, 1.82) is 0 Å². The van der Waals surface area contributed by atoms with E-state index in [0.29, 0.717) is 32.0 Å². The molecule has 0 saturated carbocycles. The van der Waals surface area contributed by atoms with Gasteiger partial charge in [-0.2, -0.15) is 0 Å². The predicted molar refractivity (Wildman–Crippen MR) is 121 cm³/mol. The summed E-state index contributed by atoms with van der Waals surface area (Å²) in [6, 6.07) is 5.99. The molecule has 2 saturated heterocycles. The van der Waals surface area contributed by atoms with Crippen LogP contribution in [0.3, 0.4) is 0 Å². The monoisotopic (exact) mass is 439 g/mol. The minimum Gasteiger partial charge on any atom is -0.347 e. The van der Waals surface area contributed by atoms with Crippen LogP contribution < -0.4 is 4.90 Å². The van der Waals surface area contributed by atoms with Gasteiger partial charge in [0.15, 0.2) is 0 Å². The van der Waals surface area contributed by atoms with E-state index in [0.717, 1.165) is 36.1 Å². The van der Waals surface area contributed by atoms with Crippen LogP contribution in [0.4, 0.5) is 10.3 Å². The van der Waals surface area contributed by atoms with Crippen LogP contribution in [-0.2, 0) is 9.59 Å². The molecule has 0 radical (unpaired) electrons. The van der Waals surface area contributed by atoms with Gasteiger partial charge < -0.3 is 14.7 Å². The van der Waals surface area contributed by atoms with Gasteiger partial charge in [-0.05, 0) is 43.9 Å². The van der Waals surface area contributed by atoms with E-state index in [1.165, 1.54) is 12.1 Å². The van der Waals surface area contributed by atoms with Crippen molar-refractivity contribution in [3.63, 3.8) is 0 Å². The van der Waals surface area contributed by atoms with E-state index in [1.807, 2.05) is 37.0 Å². The highest BCUT2D eigenvalue weighted by molar-refractivity contribution is 5.88. The maximum atomic E-state index is 13.4. The largest absolute Gasteiger partial charge is 0.347 e. The molecule has 0 bridgehead atoms. The third kappa shape index (κ3) is 4.45. The number of carbonyl (C=O) groups excluding carboxylic acids is 2. The zero-order chi connectivity index (χ0) is 22.8. The summed E-state index contributed by atoms with van der Waals surface area (Å²) in [6.07, 6.45) is 4.73. The molecule has 0 unspecified atom stereocenters. The number of hydrogen-bond donors (Lipinski definition) is 0. The van der Waals surface area contributed by atoms with E-state index >= 15 is 0 Å². The molecule has 2 fully saturated rings. The van der Waals surface area contributed by atoms with Crippen molar-refractivity contribution in [2.45, 2.75) is 44.6 Å². The zero-order valence-electron chi connectivity index (χ0n) is 18.9. The van der Waals surface area contributed by atoms with Crippen LogP contribution >= 0.6 is 0 Å². The molecule has 1 aromatic heterocycles. The molecule has 0 spiro atoms. The predicted octanol–water partition coefficient (Wildman–Crippen LogP) is 3.07. The molecule has 7 nitrogen and oxygen atoms in total. The van der Waals surface area contributed by atoms with E-state index in [2.05, 4.69) is 4.98 Å². The number of likely N-dealkylation sites (tertiary alicyclic amines) is 2. The lowest BCUT2D eigenvalue weighted by Gasteiger charge is -2.36. The summed E-state index contributed by atoms with van der Waals surface area (Å²) in [5.41, 5.74) is 2.72. The zero-order valence-corrected chi connectivity index (χ0v) is 18.9. The van der Waals surface area contributed by atoms with Gasteiger partial charge >= 0.3 is 0 Å². The Morgan fingerprint density at radius 3 is 2.44 bits per heavy atom. The number of hydrogen-bond acceptors (Lipinski definition) is 5. The van der Waals surface area contributed by atoms with Crippen molar-refractivity contribution >= 4 is 17.8 Å². The number of nitrogens with zero attached hydrogens (tertiary/aromatic N) is 5. The van der Waals surface area contributed by atoms with Gasteiger partial charge in [0.25, 0.3) is 0 Å². The number of carbonyl (C=O) groups is 2. The fourth-order valence-electron chi connectivity index (χ4n) is 4.61. The number of aromatic nitrogens is 2. The SMILES string of the molecule is C[C@H](C(=O)N1CCC(c2nc(N(C)C)ncc2-c2ccc(F)cc2)CC1)N1CCCC1=O. The van der Waals surface area contributed by atoms with Gasteiger partial charge in [-0.15, -0.1) is 0 Å². The molecule has 2 amide bonds. The van der Waals surface area contributed by atoms with Crippen molar-refractivity contribution in [3.8, 4) is 11.1 Å². The van der Waals surface area contributed by atoms with Crippen LogP contribution in [0.1, 0.15) is 44.2 Å². The number of anilines is 1. The molecule has 8 heteroatoms. The Hall–Kier alpha value is -3.03. The van der Waals surface area contributed by atoms with Gasteiger partial charge in [0, 0.05) is 57.8 Å². The van der Waals surface area contributed by atoms with E-state index in [4.69, 9.17) is 4.98 Å². The molecule has 1 aromatic carbocycles. The van der Waals surface area contributed by atoms with Gasteiger partial charge in [-0.3, -0.25) is 9.59 Å². The summed E-state index contributed by atoms with van der Waals surface area (Å²) in [6.45, 7) is 3.75. The van der Waals surface area contributed by atoms with Crippen LogP contribution in [0.15, 0.2) is 30.5 Å². The number of benzene rings is 1. The summed E-state index contributed by atoms with van der Waals surface area (Å²) in [7, 11) is 3.80. The van der Waals surface area contributed by atoms with E-state index in [9.17, 15) is 14.0 Å². The second kappa shape index (κ2) is 9.22. The molecule has 0 N–H and O–H groups in total. The van der Waals surface area contributed by atoms with Gasteiger partial charge in [-0.1, -0.05) is 12.1 Å². The fourth-order valence-corrected chi connectivity index (χ4v) is 4.61. The molecular weight excluding hydrogens is 409 g/mol. The van der Waals surface area contributed by atoms with Crippen LogP contribution in [0.5, 0.6) is 0 Å². The van der Waals surface area contributed by atoms with Crippen LogP contribution in [0.2, 0.25) is 0 Å². The average Bonchev–Trinajstić information content (AvgIpc) is 3.24. The highest BCUT2D eigenvalue weighted by Gasteiger charge is 2.34. The first-order valence-corrected chi connectivity index (χ1v) is 11.2. The molecule has 170 valence electrons. The summed E-state index contributed by atoms with van der Waals surface area (Å²) in [5, 5.41) is 0. The first-order chi connectivity index (χ1) is 15.3. The lowest BCUT2D eigenvalue weighted by molar-refractivity contribution is -0.143. The maximum Gasteiger partial charge on any atom is 0.245 e. The number of rotatable bonds is 5. The lowest BCUT2D eigenvalue weighted by atomic mass is 9.88. The Morgan fingerprint density at radius 1 is 1.16 bits per heavy atom. The number of halogens is 1. The van der Waals surface area contributed by atoms with Crippen molar-refractivity contribution in [2.24, 2.45) is 0 Å². The smallest absolute Gasteiger partial charge is 0.245 e. The Kier molecular flexibility index (Phi) is 6.39. The van der Waals surface area contributed by atoms with Gasteiger partial charge in [-0.25, -0.2) is 14.4 Å². The molecule has 2 aliphatic heterocycles. The Balaban J connectivity index is 1.52. The Labute approximate surface area is 188 Å². The van der Waals surface area contributed by atoms with Crippen molar-refractivity contribution in [3.05, 3.63) is 42.0 Å². The second-order valence-electron chi connectivity index (χ2n) is 8.84. The topological polar surface area (TPSA) is 69.6 Å². The van der Waals surface area contributed by atoms with Crippen LogP contribution in [0.25, 0.3) is 11.1 Å². The van der Waals surface area contributed by atoms with Crippen molar-refractivity contribution in [1.82, 2.24) is 19.8 Å². The molecule has 2 aromatic rings. The molecule has 32 heavy (non-hydrogen) atoms. The molecule has 3 heterocycles. The molecule has 4 rings (SSSR count). The summed E-state index contributed by atoms with van der Waals surface area (Å²) in [4.78, 5) is 39.8. The second-order valence-corrected chi connectivity index (χ2v) is 8.84. The van der Waals surface area contributed by atoms with Crippen LogP contribution in [0, 0.1) is 5.82 Å². The lowest BCUT2D eigenvalue weighted by Crippen LogP contribution is -2.49. The third-order valence-corrected chi connectivity index (χ3v) is 6.49. The molecule has 2 aliphatic rings. The number of piperidine rings is 1. The van der Waals surface area contributed by atoms with Crippen molar-refractivity contribution in [2.75, 3.05) is 38.6 Å². The molecule has 0 aliphatic carbocycles. The molecular formula is C24H30FN5O2. The first-order valence-electron chi connectivity index (χ1n) is 11.2. The minimum absolute atomic E-state index is 0.0223. The Bertz CT molecular complexity index is 986.